The summed E-state index contributed by atoms with van der Waals surface area (Å²) in [7, 11) is 0. The quantitative estimate of drug-likeness (QED) is 0.879. The molecule has 1 aromatic heterocycles. The minimum atomic E-state index is -0.926. The van der Waals surface area contributed by atoms with Gasteiger partial charge in [0.2, 0.25) is 5.91 Å². The molecule has 0 saturated carbocycles. The highest BCUT2D eigenvalue weighted by molar-refractivity contribution is 7.09. The zero-order valence-corrected chi connectivity index (χ0v) is 14.5. The van der Waals surface area contributed by atoms with E-state index in [9.17, 15) is 9.59 Å². The molecule has 0 fully saturated rings. The molecular weight excluding hydrogens is 312 g/mol. The van der Waals surface area contributed by atoms with Crippen LogP contribution in [0.15, 0.2) is 17.5 Å². The molecule has 0 spiro atoms. The fourth-order valence-electron chi connectivity index (χ4n) is 2.48. The van der Waals surface area contributed by atoms with Crippen molar-refractivity contribution in [1.29, 1.82) is 0 Å². The van der Waals surface area contributed by atoms with Gasteiger partial charge in [-0.15, -0.1) is 11.3 Å². The van der Waals surface area contributed by atoms with Gasteiger partial charge < -0.3 is 10.4 Å². The topological polar surface area (TPSA) is 79.3 Å². The SMILES string of the molecule is Cc1cc(C)c(NC(=O)[C@H](C)c2nc(CC(=O)O)cs2)c(C)c1. The van der Waals surface area contributed by atoms with Crippen LogP contribution in [0.5, 0.6) is 0 Å². The van der Waals surface area contributed by atoms with E-state index in [1.54, 1.807) is 12.3 Å². The lowest BCUT2D eigenvalue weighted by molar-refractivity contribution is -0.136. The summed E-state index contributed by atoms with van der Waals surface area (Å²) in [6.45, 7) is 7.73. The highest BCUT2D eigenvalue weighted by atomic mass is 32.1. The first-order chi connectivity index (χ1) is 10.8. The van der Waals surface area contributed by atoms with E-state index in [0.717, 1.165) is 22.4 Å². The average molecular weight is 332 g/mol. The number of carbonyl (C=O) groups excluding carboxylic acids is 1. The number of nitrogens with one attached hydrogen (secondary N) is 1. The minimum absolute atomic E-state index is 0.124. The summed E-state index contributed by atoms with van der Waals surface area (Å²) in [5.41, 5.74) is 4.52. The Labute approximate surface area is 139 Å². The Morgan fingerprint density at radius 3 is 2.43 bits per heavy atom. The lowest BCUT2D eigenvalue weighted by Gasteiger charge is -2.15. The number of aliphatic carboxylic acids is 1. The van der Waals surface area contributed by atoms with Crippen molar-refractivity contribution in [2.24, 2.45) is 0 Å². The van der Waals surface area contributed by atoms with Gasteiger partial charge in [-0.05, 0) is 38.8 Å². The number of benzene rings is 1. The average Bonchev–Trinajstić information content (AvgIpc) is 2.89. The van der Waals surface area contributed by atoms with Crippen LogP contribution in [-0.2, 0) is 16.0 Å². The molecule has 1 atom stereocenters. The van der Waals surface area contributed by atoms with Crippen LogP contribution in [0, 0.1) is 20.8 Å². The molecule has 2 N–H and O–H groups in total. The molecule has 1 amide bonds. The van der Waals surface area contributed by atoms with E-state index in [0.29, 0.717) is 10.7 Å². The van der Waals surface area contributed by atoms with Crippen molar-refractivity contribution >= 4 is 28.9 Å². The normalized spacial score (nSPS) is 12.0. The standard InChI is InChI=1S/C17H20N2O3S/c1-9-5-10(2)15(11(3)6-9)19-16(22)12(4)17-18-13(8-23-17)7-14(20)21/h5-6,8,12H,7H2,1-4H3,(H,19,22)(H,20,21)/t12-/m0/s1. The Morgan fingerprint density at radius 1 is 1.26 bits per heavy atom. The third-order valence-electron chi connectivity index (χ3n) is 3.59. The molecule has 2 aromatic rings. The van der Waals surface area contributed by atoms with Gasteiger partial charge in [0.25, 0.3) is 0 Å². The van der Waals surface area contributed by atoms with Gasteiger partial charge in [0.15, 0.2) is 0 Å². The summed E-state index contributed by atoms with van der Waals surface area (Å²) >= 11 is 1.31. The number of hydrogen-bond acceptors (Lipinski definition) is 4. The number of aryl methyl sites for hydroxylation is 3. The third-order valence-corrected chi connectivity index (χ3v) is 4.67. The second kappa shape index (κ2) is 6.91. The fraction of sp³-hybridized carbons (Fsp3) is 0.353. The number of carbonyl (C=O) groups is 2. The molecule has 2 rings (SSSR count). The van der Waals surface area contributed by atoms with Crippen molar-refractivity contribution in [3.05, 3.63) is 44.9 Å². The predicted molar refractivity (Wildman–Crippen MR) is 91.2 cm³/mol. The molecule has 1 heterocycles. The largest absolute Gasteiger partial charge is 0.481 e. The van der Waals surface area contributed by atoms with Gasteiger partial charge >= 0.3 is 5.97 Å². The Morgan fingerprint density at radius 2 is 1.87 bits per heavy atom. The number of carboxylic acids is 1. The molecule has 122 valence electrons. The number of rotatable bonds is 5. The molecule has 1 aromatic carbocycles. The third kappa shape index (κ3) is 4.16. The van der Waals surface area contributed by atoms with Gasteiger partial charge in [-0.2, -0.15) is 0 Å². The van der Waals surface area contributed by atoms with Crippen LogP contribution < -0.4 is 5.32 Å². The number of anilines is 1. The Hall–Kier alpha value is -2.21. The smallest absolute Gasteiger partial charge is 0.309 e. The highest BCUT2D eigenvalue weighted by Crippen LogP contribution is 2.26. The first kappa shape index (κ1) is 17.1. The molecule has 6 heteroatoms. The second-order valence-electron chi connectivity index (χ2n) is 5.73. The van der Waals surface area contributed by atoms with Crippen LogP contribution in [0.4, 0.5) is 5.69 Å². The zero-order valence-electron chi connectivity index (χ0n) is 13.6. The molecule has 0 aliphatic rings. The molecular formula is C17H20N2O3S. The van der Waals surface area contributed by atoms with Gasteiger partial charge in [0.1, 0.15) is 5.01 Å². The fourth-order valence-corrected chi connectivity index (χ4v) is 3.35. The number of carboxylic acid groups (broad SMARTS) is 1. The lowest BCUT2D eigenvalue weighted by atomic mass is 10.0. The first-order valence-electron chi connectivity index (χ1n) is 7.32. The molecule has 23 heavy (non-hydrogen) atoms. The number of nitrogens with zero attached hydrogens (tertiary/aromatic N) is 1. The van der Waals surface area contributed by atoms with E-state index in [1.807, 2.05) is 32.9 Å². The predicted octanol–water partition coefficient (Wildman–Crippen LogP) is 3.44. The van der Waals surface area contributed by atoms with Gasteiger partial charge in [-0.3, -0.25) is 9.59 Å². The maximum Gasteiger partial charge on any atom is 0.309 e. The molecule has 0 aliphatic carbocycles. The van der Waals surface area contributed by atoms with E-state index < -0.39 is 11.9 Å². The Kier molecular flexibility index (Phi) is 5.15. The minimum Gasteiger partial charge on any atom is -0.481 e. The summed E-state index contributed by atoms with van der Waals surface area (Å²) in [6.07, 6.45) is -0.124. The zero-order chi connectivity index (χ0) is 17.1. The second-order valence-corrected chi connectivity index (χ2v) is 6.62. The number of amides is 1. The molecule has 0 bridgehead atoms. The van der Waals surface area contributed by atoms with Crippen LogP contribution in [-0.4, -0.2) is 22.0 Å². The highest BCUT2D eigenvalue weighted by Gasteiger charge is 2.20. The number of aromatic nitrogens is 1. The number of hydrogen-bond donors (Lipinski definition) is 2. The van der Waals surface area contributed by atoms with Crippen LogP contribution in [0.1, 0.15) is 40.2 Å². The van der Waals surface area contributed by atoms with E-state index in [1.165, 1.54) is 11.3 Å². The van der Waals surface area contributed by atoms with Gasteiger partial charge in [0, 0.05) is 11.1 Å². The summed E-state index contributed by atoms with van der Waals surface area (Å²) in [5.74, 6) is -1.50. The monoisotopic (exact) mass is 332 g/mol. The van der Waals surface area contributed by atoms with Crippen LogP contribution in [0.25, 0.3) is 0 Å². The molecule has 0 saturated heterocycles. The van der Waals surface area contributed by atoms with E-state index >= 15 is 0 Å². The van der Waals surface area contributed by atoms with Crippen molar-refractivity contribution in [3.8, 4) is 0 Å². The molecule has 0 aliphatic heterocycles. The van der Waals surface area contributed by atoms with Crippen molar-refractivity contribution < 1.29 is 14.7 Å². The van der Waals surface area contributed by atoms with Crippen molar-refractivity contribution in [2.75, 3.05) is 5.32 Å². The van der Waals surface area contributed by atoms with Crippen LogP contribution in [0.2, 0.25) is 0 Å². The van der Waals surface area contributed by atoms with Crippen LogP contribution >= 0.6 is 11.3 Å². The van der Waals surface area contributed by atoms with Gasteiger partial charge in [0.05, 0.1) is 18.0 Å². The van der Waals surface area contributed by atoms with Crippen LogP contribution in [0.3, 0.4) is 0 Å². The Bertz CT molecular complexity index is 729. The first-order valence-corrected chi connectivity index (χ1v) is 8.20. The van der Waals surface area contributed by atoms with Crippen molar-refractivity contribution in [2.45, 2.75) is 40.0 Å². The van der Waals surface area contributed by atoms with Crippen molar-refractivity contribution in [1.82, 2.24) is 4.98 Å². The summed E-state index contributed by atoms with van der Waals surface area (Å²) in [6, 6.07) is 4.06. The Balaban J connectivity index is 2.14. The maximum atomic E-state index is 12.5. The maximum absolute atomic E-state index is 12.5. The molecule has 5 nitrogen and oxygen atoms in total. The summed E-state index contributed by atoms with van der Waals surface area (Å²) < 4.78 is 0. The van der Waals surface area contributed by atoms with Crippen molar-refractivity contribution in [3.63, 3.8) is 0 Å². The van der Waals surface area contributed by atoms with E-state index in [4.69, 9.17) is 5.11 Å². The number of thiazole rings is 1. The summed E-state index contributed by atoms with van der Waals surface area (Å²) in [4.78, 5) is 27.4. The van der Waals surface area contributed by atoms with E-state index in [2.05, 4.69) is 10.3 Å². The molecule has 0 radical (unpaired) electrons. The summed E-state index contributed by atoms with van der Waals surface area (Å²) in [5, 5.41) is 14.1. The molecule has 0 unspecified atom stereocenters. The van der Waals surface area contributed by atoms with E-state index in [-0.39, 0.29) is 12.3 Å². The lowest BCUT2D eigenvalue weighted by Crippen LogP contribution is -2.20. The van der Waals surface area contributed by atoms with Gasteiger partial charge in [-0.25, -0.2) is 4.98 Å². The van der Waals surface area contributed by atoms with Gasteiger partial charge in [-0.1, -0.05) is 17.7 Å².